The molecule has 14 rings (SSSR count). The van der Waals surface area contributed by atoms with Crippen molar-refractivity contribution in [1.82, 2.24) is 0 Å². The highest BCUT2D eigenvalue weighted by molar-refractivity contribution is 6.09. The van der Waals surface area contributed by atoms with Gasteiger partial charge in [0.1, 0.15) is 27.9 Å². The molecule has 1 aliphatic carbocycles. The van der Waals surface area contributed by atoms with E-state index in [2.05, 4.69) is 217 Å². The molecule has 2 aromatic heterocycles. The minimum atomic E-state index is -0.693. The van der Waals surface area contributed by atoms with Gasteiger partial charge in [0.05, 0.1) is 5.39 Å². The van der Waals surface area contributed by atoms with Gasteiger partial charge in [-0.3, -0.25) is 0 Å². The Bertz CT molecular complexity index is 3840. The third-order valence-corrected chi connectivity index (χ3v) is 13.7. The highest BCUT2D eigenvalue weighted by atomic mass is 16.5. The molecule has 0 unspecified atom stereocenters. The van der Waals surface area contributed by atoms with Gasteiger partial charge < -0.3 is 18.5 Å². The molecule has 1 spiro atoms. The molecule has 0 saturated heterocycles. The summed E-state index contributed by atoms with van der Waals surface area (Å²) in [5.74, 6) is 2.39. The molecule has 4 heteroatoms. The van der Waals surface area contributed by atoms with Gasteiger partial charge in [-0.05, 0) is 98.2 Å². The number of nitrogens with zero attached hydrogens (tertiary/aromatic N) is 1. The van der Waals surface area contributed by atoms with Crippen molar-refractivity contribution in [3.63, 3.8) is 0 Å². The van der Waals surface area contributed by atoms with E-state index in [1.54, 1.807) is 0 Å². The van der Waals surface area contributed by atoms with Crippen LogP contribution in [0, 0.1) is 0 Å². The summed E-state index contributed by atoms with van der Waals surface area (Å²) in [7, 11) is 0. The van der Waals surface area contributed by atoms with E-state index in [0.717, 1.165) is 89.5 Å². The van der Waals surface area contributed by atoms with E-state index in [-0.39, 0.29) is 0 Å². The van der Waals surface area contributed by atoms with Crippen molar-refractivity contribution in [2.45, 2.75) is 5.41 Å². The molecule has 304 valence electrons. The fourth-order valence-corrected chi connectivity index (χ4v) is 10.9. The first kappa shape index (κ1) is 35.9. The van der Waals surface area contributed by atoms with Crippen molar-refractivity contribution in [2.24, 2.45) is 0 Å². The quantitative estimate of drug-likeness (QED) is 0.173. The highest BCUT2D eigenvalue weighted by Crippen LogP contribution is 2.64. The standard InChI is InChI=1S/C61H37NO3/c1-2-18-44-38(14-1)15-12-22-45(44)40-16-11-17-42(36-40)62(41-32-30-39(31-33-41)46-23-13-24-50-49-21-5-9-28-55(49)63-58(46)50)43-34-35-51-57(37-43)65-60-59(51)64-56-29-10-8-27-54(56)61(60)52-25-6-3-19-47(52)48-20-4-7-26-53(48)61/h1-37H. The second-order valence-electron chi connectivity index (χ2n) is 17.1. The fourth-order valence-electron chi connectivity index (χ4n) is 10.9. The lowest BCUT2D eigenvalue weighted by Gasteiger charge is -2.36. The summed E-state index contributed by atoms with van der Waals surface area (Å²) < 4.78 is 20.7. The van der Waals surface area contributed by atoms with Gasteiger partial charge in [-0.2, -0.15) is 0 Å². The zero-order valence-corrected chi connectivity index (χ0v) is 35.0. The molecule has 0 N–H and O–H groups in total. The van der Waals surface area contributed by atoms with E-state index in [0.29, 0.717) is 0 Å². The van der Waals surface area contributed by atoms with Crippen LogP contribution in [0.2, 0.25) is 0 Å². The van der Waals surface area contributed by atoms with Gasteiger partial charge in [0.25, 0.3) is 0 Å². The monoisotopic (exact) mass is 831 g/mol. The Morgan fingerprint density at radius 3 is 1.82 bits per heavy atom. The second kappa shape index (κ2) is 13.7. The van der Waals surface area contributed by atoms with Crippen LogP contribution >= 0.6 is 0 Å². The van der Waals surface area contributed by atoms with Crippen LogP contribution < -0.4 is 9.64 Å². The predicted octanol–water partition coefficient (Wildman–Crippen LogP) is 16.8. The Kier molecular flexibility index (Phi) is 7.57. The zero-order chi connectivity index (χ0) is 42.6. The minimum Gasteiger partial charge on any atom is -0.455 e. The van der Waals surface area contributed by atoms with Gasteiger partial charge in [0.2, 0.25) is 0 Å². The Labute approximate surface area is 374 Å². The van der Waals surface area contributed by atoms with Crippen LogP contribution in [0.4, 0.5) is 17.1 Å². The molecule has 10 aromatic carbocycles. The van der Waals surface area contributed by atoms with E-state index in [1.165, 1.54) is 38.6 Å². The first-order chi connectivity index (χ1) is 32.2. The van der Waals surface area contributed by atoms with Crippen molar-refractivity contribution in [3.05, 3.63) is 247 Å². The van der Waals surface area contributed by atoms with Crippen molar-refractivity contribution in [3.8, 4) is 44.9 Å². The zero-order valence-electron chi connectivity index (χ0n) is 35.0. The maximum atomic E-state index is 7.28. The molecule has 1 aliphatic heterocycles. The van der Waals surface area contributed by atoms with Crippen molar-refractivity contribution >= 4 is 60.7 Å². The maximum absolute atomic E-state index is 7.28. The number of fused-ring (bicyclic) bond motifs is 15. The summed E-state index contributed by atoms with van der Waals surface area (Å²) in [6, 6.07) is 79.9. The van der Waals surface area contributed by atoms with Crippen LogP contribution in [0.15, 0.2) is 233 Å². The van der Waals surface area contributed by atoms with Crippen molar-refractivity contribution in [1.29, 1.82) is 0 Å². The number of ether oxygens (including phenoxy) is 1. The molecular weight excluding hydrogens is 795 g/mol. The number of hydrogen-bond donors (Lipinski definition) is 0. The Morgan fingerprint density at radius 2 is 0.969 bits per heavy atom. The van der Waals surface area contributed by atoms with Crippen LogP contribution in [-0.4, -0.2) is 0 Å². The number of benzene rings is 10. The first-order valence-corrected chi connectivity index (χ1v) is 22.2. The molecule has 0 fully saturated rings. The molecule has 2 aliphatic rings. The highest BCUT2D eigenvalue weighted by Gasteiger charge is 2.54. The molecule has 3 heterocycles. The van der Waals surface area contributed by atoms with Gasteiger partial charge >= 0.3 is 0 Å². The van der Waals surface area contributed by atoms with Gasteiger partial charge in [0.15, 0.2) is 11.5 Å². The molecule has 65 heavy (non-hydrogen) atoms. The molecule has 4 nitrogen and oxygen atoms in total. The summed E-state index contributed by atoms with van der Waals surface area (Å²) in [6.45, 7) is 0. The largest absolute Gasteiger partial charge is 0.455 e. The third-order valence-electron chi connectivity index (χ3n) is 13.7. The van der Waals surface area contributed by atoms with Crippen LogP contribution in [0.25, 0.3) is 77.1 Å². The van der Waals surface area contributed by atoms with E-state index >= 15 is 0 Å². The molecule has 0 amide bonds. The van der Waals surface area contributed by atoms with Crippen LogP contribution in [0.1, 0.15) is 22.5 Å². The fraction of sp³-hybridized carbons (Fsp3) is 0.0164. The summed E-state index contributed by atoms with van der Waals surface area (Å²) in [6.07, 6.45) is 0. The van der Waals surface area contributed by atoms with Gasteiger partial charge in [0, 0.05) is 45.0 Å². The maximum Gasteiger partial charge on any atom is 0.178 e. The van der Waals surface area contributed by atoms with E-state index in [1.807, 2.05) is 12.1 Å². The average Bonchev–Trinajstić information content (AvgIpc) is 4.03. The molecule has 12 aromatic rings. The summed E-state index contributed by atoms with van der Waals surface area (Å²) >= 11 is 0. The topological polar surface area (TPSA) is 38.8 Å². The molecular formula is C61H37NO3. The normalized spacial score (nSPS) is 13.2. The Morgan fingerprint density at radius 1 is 0.354 bits per heavy atom. The Hall–Kier alpha value is -8.60. The third kappa shape index (κ3) is 5.13. The molecule has 0 saturated carbocycles. The van der Waals surface area contributed by atoms with E-state index in [9.17, 15) is 0 Å². The smallest absolute Gasteiger partial charge is 0.178 e. The van der Waals surface area contributed by atoms with E-state index in [4.69, 9.17) is 13.6 Å². The number of para-hydroxylation sites is 3. The predicted molar refractivity (Wildman–Crippen MR) is 264 cm³/mol. The Balaban J connectivity index is 0.960. The van der Waals surface area contributed by atoms with Gasteiger partial charge in [-0.1, -0.05) is 170 Å². The van der Waals surface area contributed by atoms with Crippen molar-refractivity contribution < 1.29 is 13.6 Å². The lowest BCUT2D eigenvalue weighted by molar-refractivity contribution is 0.389. The summed E-state index contributed by atoms with van der Waals surface area (Å²) in [4.78, 5) is 2.33. The van der Waals surface area contributed by atoms with E-state index < -0.39 is 5.41 Å². The molecule has 0 radical (unpaired) electrons. The lowest BCUT2D eigenvalue weighted by atomic mass is 9.69. The van der Waals surface area contributed by atoms with Gasteiger partial charge in [-0.15, -0.1) is 0 Å². The number of furan rings is 2. The van der Waals surface area contributed by atoms with Crippen molar-refractivity contribution in [2.75, 3.05) is 4.90 Å². The van der Waals surface area contributed by atoms with Crippen LogP contribution in [-0.2, 0) is 5.41 Å². The van der Waals surface area contributed by atoms with Crippen LogP contribution in [0.3, 0.4) is 0 Å². The lowest BCUT2D eigenvalue weighted by Crippen LogP contribution is -2.31. The number of anilines is 3. The molecule has 0 bridgehead atoms. The number of hydrogen-bond acceptors (Lipinski definition) is 4. The SMILES string of the molecule is c1cc(-c2cccc3ccccc23)cc(N(c2ccc(-c3cccc4c3oc3ccccc34)cc2)c2ccc3c4c(oc3c2)C2(c3ccccc3O4)c3ccccc3-c3ccccc32)c1. The summed E-state index contributed by atoms with van der Waals surface area (Å²) in [5.41, 5.74) is 15.2. The average molecular weight is 832 g/mol. The van der Waals surface area contributed by atoms with Crippen LogP contribution in [0.5, 0.6) is 11.5 Å². The second-order valence-corrected chi connectivity index (χ2v) is 17.1. The summed E-state index contributed by atoms with van der Waals surface area (Å²) in [5, 5.41) is 5.59. The molecule has 0 atom stereocenters. The van der Waals surface area contributed by atoms with Gasteiger partial charge in [-0.25, -0.2) is 0 Å². The minimum absolute atomic E-state index is 0.693. The number of rotatable bonds is 5. The first-order valence-electron chi connectivity index (χ1n) is 22.2.